The number of likely N-dealkylation sites (tertiary alicyclic amines) is 1. The molecule has 4 rings (SSSR count). The quantitative estimate of drug-likeness (QED) is 0.340. The lowest BCUT2D eigenvalue weighted by atomic mass is 9.89. The Bertz CT molecular complexity index is 1200. The number of phenolic OH excluding ortho intramolecular Hbond substituents is 2. The summed E-state index contributed by atoms with van der Waals surface area (Å²) in [7, 11) is 0. The lowest BCUT2D eigenvalue weighted by Crippen LogP contribution is -2.39. The van der Waals surface area contributed by atoms with Crippen molar-refractivity contribution in [2.75, 3.05) is 26.3 Å². The van der Waals surface area contributed by atoms with Crippen LogP contribution in [0.3, 0.4) is 0 Å². The predicted octanol–water partition coefficient (Wildman–Crippen LogP) is 4.87. The molecule has 2 aromatic carbocycles. The van der Waals surface area contributed by atoms with Gasteiger partial charge in [0.15, 0.2) is 6.61 Å². The average molecular weight is 519 g/mol. The smallest absolute Gasteiger partial charge is 0.342 e. The van der Waals surface area contributed by atoms with Crippen molar-refractivity contribution in [3.05, 3.63) is 83.5 Å². The molecule has 2 aliphatic heterocycles. The molecule has 38 heavy (non-hydrogen) atoms. The number of amides is 1. The van der Waals surface area contributed by atoms with Gasteiger partial charge in [0.2, 0.25) is 0 Å². The van der Waals surface area contributed by atoms with Crippen molar-refractivity contribution in [2.45, 2.75) is 44.4 Å². The Balaban J connectivity index is 1.43. The summed E-state index contributed by atoms with van der Waals surface area (Å²) < 4.78 is 5.31. The standard InChI is InChI=1S/C30H34N2O6/c33-26-19-24-18-25(12-8-3-1-2-4-9-17-37-30(36)29(24)27(34)20-26)31-38-21-28(35)32-15-13-23(14-16-32)22-10-6-5-7-11-22/h2,4-8,10-12,19-20,23,33-34H,1,3,9,13-18,21H2. The summed E-state index contributed by atoms with van der Waals surface area (Å²) in [5, 5.41) is 24.6. The summed E-state index contributed by atoms with van der Waals surface area (Å²) >= 11 is 0. The van der Waals surface area contributed by atoms with Crippen molar-refractivity contribution in [3.8, 4) is 11.5 Å². The minimum absolute atomic E-state index is 0.0256. The van der Waals surface area contributed by atoms with Crippen LogP contribution in [0.4, 0.5) is 0 Å². The highest BCUT2D eigenvalue weighted by molar-refractivity contribution is 6.00. The number of oxime groups is 1. The van der Waals surface area contributed by atoms with Gasteiger partial charge in [0.25, 0.3) is 5.91 Å². The number of rotatable bonds is 4. The Morgan fingerprint density at radius 1 is 1.03 bits per heavy atom. The van der Waals surface area contributed by atoms with Gasteiger partial charge in [-0.05, 0) is 61.3 Å². The Labute approximate surface area is 222 Å². The minimum Gasteiger partial charge on any atom is -0.508 e. The second-order valence-electron chi connectivity index (χ2n) is 9.47. The van der Waals surface area contributed by atoms with Gasteiger partial charge in [-0.3, -0.25) is 4.79 Å². The molecule has 2 heterocycles. The molecule has 1 amide bonds. The van der Waals surface area contributed by atoms with Crippen LogP contribution in [0.2, 0.25) is 0 Å². The molecule has 0 unspecified atom stereocenters. The first-order valence-corrected chi connectivity index (χ1v) is 13.1. The second kappa shape index (κ2) is 13.5. The fourth-order valence-corrected chi connectivity index (χ4v) is 4.75. The molecule has 1 fully saturated rings. The molecule has 2 aliphatic rings. The molecule has 8 heteroatoms. The Hall–Kier alpha value is -4.07. The van der Waals surface area contributed by atoms with Crippen molar-refractivity contribution < 1.29 is 29.4 Å². The zero-order valence-corrected chi connectivity index (χ0v) is 21.4. The Morgan fingerprint density at radius 3 is 2.55 bits per heavy atom. The van der Waals surface area contributed by atoms with E-state index in [-0.39, 0.29) is 42.6 Å². The number of carbonyl (C=O) groups excluding carboxylic acids is 2. The number of cyclic esters (lactones) is 1. The second-order valence-corrected chi connectivity index (χ2v) is 9.47. The normalized spacial score (nSPS) is 18.5. The van der Waals surface area contributed by atoms with Gasteiger partial charge in [0, 0.05) is 25.6 Å². The third kappa shape index (κ3) is 7.47. The van der Waals surface area contributed by atoms with Crippen molar-refractivity contribution in [2.24, 2.45) is 5.16 Å². The van der Waals surface area contributed by atoms with E-state index >= 15 is 0 Å². The first-order valence-electron chi connectivity index (χ1n) is 13.1. The number of carbonyl (C=O) groups is 2. The van der Waals surface area contributed by atoms with Gasteiger partial charge in [-0.25, -0.2) is 4.79 Å². The summed E-state index contributed by atoms with van der Waals surface area (Å²) in [6, 6.07) is 12.9. The number of ether oxygens (including phenoxy) is 1. The highest BCUT2D eigenvalue weighted by Crippen LogP contribution is 2.29. The number of hydrogen-bond donors (Lipinski definition) is 2. The average Bonchev–Trinajstić information content (AvgIpc) is 2.91. The largest absolute Gasteiger partial charge is 0.508 e. The highest BCUT2D eigenvalue weighted by Gasteiger charge is 2.24. The number of piperidine rings is 1. The first-order chi connectivity index (χ1) is 18.5. The van der Waals surface area contributed by atoms with E-state index in [1.807, 2.05) is 36.4 Å². The monoisotopic (exact) mass is 518 g/mol. The number of aromatic hydroxyl groups is 2. The van der Waals surface area contributed by atoms with Crippen LogP contribution in [0.1, 0.15) is 59.5 Å². The van der Waals surface area contributed by atoms with E-state index in [4.69, 9.17) is 9.57 Å². The van der Waals surface area contributed by atoms with Crippen LogP contribution in [-0.2, 0) is 20.8 Å². The van der Waals surface area contributed by atoms with E-state index in [0.717, 1.165) is 31.7 Å². The number of esters is 1. The number of benzene rings is 2. The van der Waals surface area contributed by atoms with Gasteiger partial charge in [0.1, 0.15) is 17.1 Å². The van der Waals surface area contributed by atoms with Crippen LogP contribution in [0, 0.1) is 0 Å². The molecule has 0 bridgehead atoms. The van der Waals surface area contributed by atoms with Crippen LogP contribution in [0.5, 0.6) is 11.5 Å². The lowest BCUT2D eigenvalue weighted by molar-refractivity contribution is -0.137. The van der Waals surface area contributed by atoms with Crippen LogP contribution in [0.25, 0.3) is 0 Å². The summed E-state index contributed by atoms with van der Waals surface area (Å²) in [6.45, 7) is 1.32. The fourth-order valence-electron chi connectivity index (χ4n) is 4.75. The van der Waals surface area contributed by atoms with Crippen LogP contribution in [-0.4, -0.2) is 59.0 Å². The lowest BCUT2D eigenvalue weighted by Gasteiger charge is -2.32. The van der Waals surface area contributed by atoms with Gasteiger partial charge in [-0.15, -0.1) is 0 Å². The molecule has 8 nitrogen and oxygen atoms in total. The number of nitrogens with zero attached hydrogens (tertiary/aromatic N) is 2. The predicted molar refractivity (Wildman–Crippen MR) is 144 cm³/mol. The SMILES string of the molecule is O=C1OCCC=CCCC=CC(=NOCC(=O)N2CCC(c3ccccc3)CC2)Cc2cc(O)cc(O)c21. The number of phenols is 2. The molecule has 0 atom stereocenters. The van der Waals surface area contributed by atoms with E-state index in [9.17, 15) is 19.8 Å². The van der Waals surface area contributed by atoms with E-state index in [2.05, 4.69) is 17.3 Å². The molecule has 0 radical (unpaired) electrons. The maximum Gasteiger partial charge on any atom is 0.342 e. The number of allylic oxidation sites excluding steroid dienone is 3. The highest BCUT2D eigenvalue weighted by atomic mass is 16.6. The molecule has 0 aromatic heterocycles. The van der Waals surface area contributed by atoms with E-state index < -0.39 is 5.97 Å². The molecule has 200 valence electrons. The third-order valence-electron chi connectivity index (χ3n) is 6.74. The zero-order chi connectivity index (χ0) is 26.7. The first kappa shape index (κ1) is 27.0. The van der Waals surface area contributed by atoms with Crippen molar-refractivity contribution in [1.29, 1.82) is 0 Å². The maximum absolute atomic E-state index is 12.8. The van der Waals surface area contributed by atoms with Gasteiger partial charge < -0.3 is 24.7 Å². The third-order valence-corrected chi connectivity index (χ3v) is 6.74. The van der Waals surface area contributed by atoms with Crippen LogP contribution >= 0.6 is 0 Å². The molecular formula is C30H34N2O6. The van der Waals surface area contributed by atoms with E-state index in [1.54, 1.807) is 11.0 Å². The summed E-state index contributed by atoms with van der Waals surface area (Å²) in [6.07, 6.45) is 11.7. The topological polar surface area (TPSA) is 109 Å². The van der Waals surface area contributed by atoms with Crippen LogP contribution < -0.4 is 0 Å². The summed E-state index contributed by atoms with van der Waals surface area (Å²) in [4.78, 5) is 32.7. The van der Waals surface area contributed by atoms with E-state index in [1.165, 1.54) is 11.6 Å². The fraction of sp³-hybridized carbons (Fsp3) is 0.367. The van der Waals surface area contributed by atoms with Crippen LogP contribution in [0.15, 0.2) is 71.9 Å². The molecule has 0 spiro atoms. The van der Waals surface area contributed by atoms with Crippen molar-refractivity contribution >= 4 is 17.6 Å². The van der Waals surface area contributed by atoms with Gasteiger partial charge >= 0.3 is 5.97 Å². The molecular weight excluding hydrogens is 484 g/mol. The van der Waals surface area contributed by atoms with Gasteiger partial charge in [-0.1, -0.05) is 53.7 Å². The Morgan fingerprint density at radius 2 is 1.76 bits per heavy atom. The van der Waals surface area contributed by atoms with Gasteiger partial charge in [0.05, 0.1) is 12.3 Å². The van der Waals surface area contributed by atoms with Crippen molar-refractivity contribution in [1.82, 2.24) is 4.90 Å². The minimum atomic E-state index is -0.679. The number of fused-ring (bicyclic) bond motifs is 1. The summed E-state index contributed by atoms with van der Waals surface area (Å²) in [5.41, 5.74) is 2.07. The molecule has 0 aliphatic carbocycles. The van der Waals surface area contributed by atoms with E-state index in [0.29, 0.717) is 36.7 Å². The number of hydrogen-bond acceptors (Lipinski definition) is 7. The Kier molecular flexibility index (Phi) is 9.56. The summed E-state index contributed by atoms with van der Waals surface area (Å²) in [5.74, 6) is -0.912. The van der Waals surface area contributed by atoms with Crippen molar-refractivity contribution in [3.63, 3.8) is 0 Å². The molecule has 2 aromatic rings. The molecule has 1 saturated heterocycles. The van der Waals surface area contributed by atoms with Gasteiger partial charge in [-0.2, -0.15) is 0 Å². The zero-order valence-electron chi connectivity index (χ0n) is 21.4. The maximum atomic E-state index is 12.8. The molecule has 2 N–H and O–H groups in total. The molecule has 0 saturated carbocycles.